The van der Waals surface area contributed by atoms with Crippen LogP contribution >= 0.6 is 63.7 Å². The summed E-state index contributed by atoms with van der Waals surface area (Å²) in [4.78, 5) is 12.5. The predicted octanol–water partition coefficient (Wildman–Crippen LogP) is 3.02. The first-order valence-corrected chi connectivity index (χ1v) is 20.0. The minimum atomic E-state index is -5.66. The Morgan fingerprint density at radius 2 is 1.15 bits per heavy atom. The molecule has 0 fully saturated rings. The largest absolute Gasteiger partial charge is 1.00 e. The van der Waals surface area contributed by atoms with Gasteiger partial charge in [-0.2, -0.15) is 0 Å². The molecule has 2 heterocycles. The number of carboxylic acids is 1. The Hall–Kier alpha value is -2.15. The van der Waals surface area contributed by atoms with Crippen LogP contribution in [0.3, 0.4) is 0 Å². The Bertz CT molecular complexity index is 2800. The summed E-state index contributed by atoms with van der Waals surface area (Å²) in [5.74, 6) is -3.40. The van der Waals surface area contributed by atoms with Crippen LogP contribution in [0.5, 0.6) is 11.5 Å². The van der Waals surface area contributed by atoms with Crippen molar-refractivity contribution in [2.45, 2.75) is 0 Å². The van der Waals surface area contributed by atoms with E-state index in [1.165, 1.54) is 48.5 Å². The Balaban J connectivity index is 0.00000336. The predicted molar refractivity (Wildman–Crippen MR) is 202 cm³/mol. The van der Waals surface area contributed by atoms with Gasteiger partial charge in [-0.25, -0.2) is 21.6 Å². The summed E-state index contributed by atoms with van der Waals surface area (Å²) in [5.41, 5.74) is 0.884. The minimum absolute atomic E-state index is 0. The van der Waals surface area contributed by atoms with E-state index in [-0.39, 0.29) is 119 Å². The molecule has 274 valence electrons. The molecule has 3 N–H and O–H groups in total. The van der Waals surface area contributed by atoms with Gasteiger partial charge in [0, 0.05) is 21.9 Å². The molecule has 0 aliphatic heterocycles. The summed E-state index contributed by atoms with van der Waals surface area (Å²) < 4.78 is 93.5. The van der Waals surface area contributed by atoms with E-state index in [4.69, 9.17) is 8.83 Å². The van der Waals surface area contributed by atoms with Crippen LogP contribution < -0.4 is 59.1 Å². The van der Waals surface area contributed by atoms with Crippen molar-refractivity contribution < 1.29 is 122 Å². The molecular weight excluding hydrogens is 1050 g/mol. The third kappa shape index (κ3) is 10.7. The second-order valence-electron chi connectivity index (χ2n) is 10.9. The maximum absolute atomic E-state index is 12.5. The Labute approximate surface area is 389 Å². The molecule has 0 amide bonds. The van der Waals surface area contributed by atoms with Crippen molar-refractivity contribution in [1.82, 2.24) is 0 Å². The van der Waals surface area contributed by atoms with Crippen molar-refractivity contribution >= 4 is 125 Å². The third-order valence-corrected chi connectivity index (χ3v) is 10.5. The summed E-state index contributed by atoms with van der Waals surface area (Å²) in [5, 5.41) is 30.3. The number of halogens is 4. The molecule has 55 heavy (non-hydrogen) atoms. The fraction of sp³-hybridized carbons (Fsp3) is 0. The van der Waals surface area contributed by atoms with Crippen LogP contribution in [-0.2, 0) is 29.2 Å². The van der Waals surface area contributed by atoms with Gasteiger partial charge in [0.05, 0.1) is 17.9 Å². The Morgan fingerprint density at radius 3 is 1.65 bits per heavy atom. The van der Waals surface area contributed by atoms with Gasteiger partial charge in [0.1, 0.15) is 39.7 Å². The zero-order chi connectivity index (χ0) is 38.6. The molecule has 0 bridgehead atoms. The standard InChI is InChI=1S/C33H18Br4O14S2.2Na/c34-20-11-16(1-3-24(20)38)26-13-18-5-14(7-22(36)30(18)48-26)9-27(50-52(42,43)44)28(51-53(45,46)47)10-15-6-19-29(33(40)41)31(49-32(19)23(37)8-15)17-2-4-25(39)21(35)12-17;;/h1-13,38-39H,(H,40,41)(H,42,43,44)(H,45,46,47);;/q;2*+1/p-2/b27-9-,28-10-;;. The van der Waals surface area contributed by atoms with E-state index in [1.807, 2.05) is 0 Å². The van der Waals surface area contributed by atoms with Gasteiger partial charge >= 0.3 is 65.1 Å². The zero-order valence-corrected chi connectivity index (χ0v) is 39.6. The van der Waals surface area contributed by atoms with Crippen molar-refractivity contribution in [1.29, 1.82) is 0 Å². The Kier molecular flexibility index (Phi) is 14.7. The monoisotopic (exact) mass is 1060 g/mol. The first-order valence-electron chi connectivity index (χ1n) is 14.2. The van der Waals surface area contributed by atoms with E-state index in [1.54, 1.807) is 18.2 Å². The summed E-state index contributed by atoms with van der Waals surface area (Å²) >= 11 is 13.1. The van der Waals surface area contributed by atoms with Crippen molar-refractivity contribution in [2.75, 3.05) is 0 Å². The van der Waals surface area contributed by atoms with Crippen LogP contribution in [0.4, 0.5) is 0 Å². The number of hydrogen-bond donors (Lipinski definition) is 3. The fourth-order valence-corrected chi connectivity index (χ4v) is 7.73. The number of phenolic OH excluding ortho intramolecular Hbond substituents is 2. The molecular formula is C33H16Br4Na2O14S2. The first kappa shape index (κ1) is 45.6. The van der Waals surface area contributed by atoms with Gasteiger partial charge in [0.2, 0.25) is 0 Å². The maximum Gasteiger partial charge on any atom is 1.00 e. The van der Waals surface area contributed by atoms with Crippen molar-refractivity contribution in [3.63, 3.8) is 0 Å². The summed E-state index contributed by atoms with van der Waals surface area (Å²) in [6, 6.07) is 15.8. The van der Waals surface area contributed by atoms with Gasteiger partial charge < -0.3 is 41.6 Å². The number of aromatic carboxylic acids is 1. The number of hydrogen-bond acceptors (Lipinski definition) is 13. The number of fused-ring (bicyclic) bond motifs is 2. The van der Waals surface area contributed by atoms with Crippen LogP contribution in [0.15, 0.2) is 105 Å². The normalized spacial score (nSPS) is 12.3. The number of aromatic hydroxyl groups is 2. The number of carboxylic acid groups (broad SMARTS) is 1. The van der Waals surface area contributed by atoms with Crippen LogP contribution in [0, 0.1) is 0 Å². The summed E-state index contributed by atoms with van der Waals surface area (Å²) in [6.07, 6.45) is 1.74. The summed E-state index contributed by atoms with van der Waals surface area (Å²) in [7, 11) is -11.3. The Morgan fingerprint density at radius 1 is 0.655 bits per heavy atom. The number of phenols is 2. The van der Waals surface area contributed by atoms with Crippen LogP contribution in [0.1, 0.15) is 21.5 Å². The average molecular weight is 1070 g/mol. The molecule has 6 aromatic rings. The van der Waals surface area contributed by atoms with E-state index in [2.05, 4.69) is 72.1 Å². The smallest absolute Gasteiger partial charge is 0.716 e. The second kappa shape index (κ2) is 17.8. The average Bonchev–Trinajstić information content (AvgIpc) is 3.65. The molecule has 0 atom stereocenters. The molecule has 4 aromatic carbocycles. The van der Waals surface area contributed by atoms with Crippen LogP contribution in [-0.4, -0.2) is 47.2 Å². The van der Waals surface area contributed by atoms with Gasteiger partial charge in [-0.05, 0) is 154 Å². The van der Waals surface area contributed by atoms with Gasteiger partial charge in [-0.15, -0.1) is 0 Å². The van der Waals surface area contributed by atoms with Crippen LogP contribution in [0.25, 0.3) is 56.7 Å². The molecule has 22 heteroatoms. The molecule has 0 aliphatic rings. The van der Waals surface area contributed by atoms with Gasteiger partial charge in [0.25, 0.3) is 20.8 Å². The molecule has 0 saturated carbocycles. The van der Waals surface area contributed by atoms with E-state index < -0.39 is 38.3 Å². The molecule has 0 radical (unpaired) electrons. The van der Waals surface area contributed by atoms with E-state index >= 15 is 0 Å². The number of rotatable bonds is 10. The molecule has 0 saturated heterocycles. The number of carbonyl (C=O) groups is 1. The van der Waals surface area contributed by atoms with Crippen LogP contribution in [0.2, 0.25) is 0 Å². The van der Waals surface area contributed by atoms with Crippen molar-refractivity contribution in [2.24, 2.45) is 0 Å². The van der Waals surface area contributed by atoms with Gasteiger partial charge in [-0.3, -0.25) is 0 Å². The van der Waals surface area contributed by atoms with Crippen molar-refractivity contribution in [3.8, 4) is 34.1 Å². The van der Waals surface area contributed by atoms with Crippen molar-refractivity contribution in [3.05, 3.63) is 113 Å². The molecule has 14 nitrogen and oxygen atoms in total. The second-order valence-corrected chi connectivity index (χ2v) is 16.2. The molecule has 6 rings (SSSR count). The molecule has 0 aliphatic carbocycles. The molecule has 2 aromatic heterocycles. The number of furan rings is 2. The fourth-order valence-electron chi connectivity index (χ4n) is 5.14. The SMILES string of the molecule is O=C(O)c1c(-c2ccc(O)c(Br)c2)oc2c(Br)cc(/C=C(OS(=O)(=O)[O-])/C(=C/c3cc(Br)c4oc(-c5ccc(O)c(Br)c5)cc4c3)OS(=O)(=O)[O-])cc12.[Na+].[Na+]. The topological polar surface area (TPSA) is 237 Å². The summed E-state index contributed by atoms with van der Waals surface area (Å²) in [6.45, 7) is 0. The first-order chi connectivity index (χ1) is 24.8. The van der Waals surface area contributed by atoms with Gasteiger partial charge in [-0.1, -0.05) is 0 Å². The number of benzene rings is 4. The molecule has 0 unspecified atom stereocenters. The zero-order valence-electron chi connectivity index (χ0n) is 27.7. The third-order valence-electron chi connectivity index (χ3n) is 7.24. The van der Waals surface area contributed by atoms with Gasteiger partial charge in [0.15, 0.2) is 11.5 Å². The van der Waals surface area contributed by atoms with E-state index in [0.717, 1.165) is 12.2 Å². The van der Waals surface area contributed by atoms with E-state index in [9.17, 15) is 46.1 Å². The van der Waals surface area contributed by atoms with E-state index in [0.29, 0.717) is 31.2 Å². The maximum atomic E-state index is 12.5. The molecule has 0 spiro atoms. The minimum Gasteiger partial charge on any atom is -0.716 e. The quantitative estimate of drug-likeness (QED) is 0.0589.